The third kappa shape index (κ3) is 4.23. The third-order valence-corrected chi connectivity index (χ3v) is 2.65. The highest BCUT2D eigenvalue weighted by atomic mass is 16.7. The predicted octanol–water partition coefficient (Wildman–Crippen LogP) is 2.69. The maximum absolute atomic E-state index is 10.6. The minimum Gasteiger partial charge on any atom is -0.481 e. The molecule has 0 aromatic carbocycles. The molecule has 0 spiro atoms. The van der Waals surface area contributed by atoms with Crippen LogP contribution in [0.15, 0.2) is 11.3 Å². The number of unbranched alkanes of at least 4 members (excludes halogenated alkanes) is 1. The Morgan fingerprint density at radius 3 is 2.94 bits per heavy atom. The fourth-order valence-electron chi connectivity index (χ4n) is 1.68. The Bertz CT molecular complexity index is 270. The van der Waals surface area contributed by atoms with E-state index >= 15 is 0 Å². The fraction of sp³-hybridized carbons (Fsp3) is 0.750. The van der Waals surface area contributed by atoms with Gasteiger partial charge in [-0.05, 0) is 25.3 Å². The van der Waals surface area contributed by atoms with Crippen LogP contribution in [-0.4, -0.2) is 24.0 Å². The summed E-state index contributed by atoms with van der Waals surface area (Å²) in [6, 6.07) is 0. The van der Waals surface area contributed by atoms with E-state index in [1.807, 2.05) is 6.92 Å². The lowest BCUT2D eigenvalue weighted by atomic mass is 10.0. The summed E-state index contributed by atoms with van der Waals surface area (Å²) in [7, 11) is 0. The van der Waals surface area contributed by atoms with E-state index in [4.69, 9.17) is 14.6 Å². The second kappa shape index (κ2) is 6.53. The Kier molecular flexibility index (Phi) is 5.32. The van der Waals surface area contributed by atoms with E-state index in [0.717, 1.165) is 37.0 Å². The van der Waals surface area contributed by atoms with E-state index in [9.17, 15) is 4.79 Å². The highest BCUT2D eigenvalue weighted by molar-refractivity contribution is 5.70. The molecule has 0 radical (unpaired) electrons. The van der Waals surface area contributed by atoms with Crippen molar-refractivity contribution in [3.05, 3.63) is 11.3 Å². The van der Waals surface area contributed by atoms with Crippen LogP contribution in [-0.2, 0) is 14.3 Å². The van der Waals surface area contributed by atoms with Crippen molar-refractivity contribution in [3.63, 3.8) is 0 Å². The average molecular weight is 228 g/mol. The minimum absolute atomic E-state index is 0.0769. The van der Waals surface area contributed by atoms with Gasteiger partial charge in [0, 0.05) is 6.42 Å². The van der Waals surface area contributed by atoms with Crippen molar-refractivity contribution >= 4 is 5.97 Å². The molecule has 1 unspecified atom stereocenters. The van der Waals surface area contributed by atoms with E-state index in [0.29, 0.717) is 6.61 Å². The first-order valence-corrected chi connectivity index (χ1v) is 5.82. The zero-order valence-corrected chi connectivity index (χ0v) is 9.99. The number of hydrogen-bond acceptors (Lipinski definition) is 3. The summed E-state index contributed by atoms with van der Waals surface area (Å²) in [4.78, 5) is 10.6. The molecular formula is C12H20O4. The molecule has 0 saturated carbocycles. The van der Waals surface area contributed by atoms with Gasteiger partial charge in [0.05, 0.1) is 18.8 Å². The topological polar surface area (TPSA) is 55.8 Å². The van der Waals surface area contributed by atoms with E-state index in [1.54, 1.807) is 0 Å². The van der Waals surface area contributed by atoms with Crippen LogP contribution in [0.25, 0.3) is 0 Å². The second-order valence-electron chi connectivity index (χ2n) is 4.04. The lowest BCUT2D eigenvalue weighted by Gasteiger charge is -2.26. The van der Waals surface area contributed by atoms with Gasteiger partial charge >= 0.3 is 5.97 Å². The molecule has 1 aliphatic heterocycles. The Hall–Kier alpha value is -1.03. The van der Waals surface area contributed by atoms with Crippen LogP contribution in [0.2, 0.25) is 0 Å². The molecule has 1 aliphatic rings. The summed E-state index contributed by atoms with van der Waals surface area (Å²) in [6.07, 6.45) is 3.53. The summed E-state index contributed by atoms with van der Waals surface area (Å²) in [5, 5.41) is 8.70. The first-order valence-electron chi connectivity index (χ1n) is 5.82. The van der Waals surface area contributed by atoms with Crippen LogP contribution in [0.5, 0.6) is 0 Å². The third-order valence-electron chi connectivity index (χ3n) is 2.65. The van der Waals surface area contributed by atoms with Crippen LogP contribution < -0.4 is 0 Å². The summed E-state index contributed by atoms with van der Waals surface area (Å²) in [6.45, 7) is 4.64. The molecule has 1 atom stereocenters. The van der Waals surface area contributed by atoms with Gasteiger partial charge in [-0.1, -0.05) is 13.3 Å². The Morgan fingerprint density at radius 1 is 1.62 bits per heavy atom. The maximum Gasteiger partial charge on any atom is 0.307 e. The molecule has 0 aromatic rings. The Morgan fingerprint density at radius 2 is 2.38 bits per heavy atom. The molecular weight excluding hydrogens is 208 g/mol. The zero-order valence-electron chi connectivity index (χ0n) is 9.99. The molecule has 0 bridgehead atoms. The molecule has 0 saturated heterocycles. The molecule has 4 heteroatoms. The van der Waals surface area contributed by atoms with Crippen molar-refractivity contribution in [3.8, 4) is 0 Å². The van der Waals surface area contributed by atoms with Crippen LogP contribution in [0.3, 0.4) is 0 Å². The number of carbonyl (C=O) groups is 1. The van der Waals surface area contributed by atoms with Gasteiger partial charge in [-0.25, -0.2) is 0 Å². The quantitative estimate of drug-likeness (QED) is 0.710. The molecule has 4 nitrogen and oxygen atoms in total. The lowest BCUT2D eigenvalue weighted by molar-refractivity contribution is -0.139. The van der Waals surface area contributed by atoms with Crippen molar-refractivity contribution in [1.29, 1.82) is 0 Å². The SMILES string of the molecule is CCCCOC1CCC(CC(=O)O)=C(C)O1. The molecule has 1 N–H and O–H groups in total. The largest absolute Gasteiger partial charge is 0.481 e. The first-order chi connectivity index (χ1) is 7.63. The molecule has 0 amide bonds. The molecule has 16 heavy (non-hydrogen) atoms. The number of hydrogen-bond donors (Lipinski definition) is 1. The highest BCUT2D eigenvalue weighted by Crippen LogP contribution is 2.26. The summed E-state index contributed by atoms with van der Waals surface area (Å²) in [5.74, 6) is -0.0848. The fourth-order valence-corrected chi connectivity index (χ4v) is 1.68. The van der Waals surface area contributed by atoms with Crippen LogP contribution >= 0.6 is 0 Å². The van der Waals surface area contributed by atoms with Gasteiger partial charge in [-0.3, -0.25) is 4.79 Å². The van der Waals surface area contributed by atoms with Crippen LogP contribution in [0.1, 0.15) is 46.0 Å². The van der Waals surface area contributed by atoms with Gasteiger partial charge in [0.1, 0.15) is 0 Å². The summed E-state index contributed by atoms with van der Waals surface area (Å²) in [5.41, 5.74) is 0.878. The molecule has 1 rings (SSSR count). The smallest absolute Gasteiger partial charge is 0.307 e. The minimum atomic E-state index is -0.802. The van der Waals surface area contributed by atoms with Crippen molar-refractivity contribution in [2.75, 3.05) is 6.61 Å². The standard InChI is InChI=1S/C12H20O4/c1-3-4-7-15-12-6-5-10(8-11(13)14)9(2)16-12/h12H,3-8H2,1-2H3,(H,13,14). The Balaban J connectivity index is 2.38. The van der Waals surface area contributed by atoms with Gasteiger partial charge in [-0.15, -0.1) is 0 Å². The van der Waals surface area contributed by atoms with E-state index < -0.39 is 5.97 Å². The van der Waals surface area contributed by atoms with Crippen molar-refractivity contribution < 1.29 is 19.4 Å². The molecule has 0 fully saturated rings. The molecule has 0 aliphatic carbocycles. The van der Waals surface area contributed by atoms with Gasteiger partial charge in [0.2, 0.25) is 0 Å². The van der Waals surface area contributed by atoms with E-state index in [-0.39, 0.29) is 12.7 Å². The number of allylic oxidation sites excluding steroid dienone is 1. The average Bonchev–Trinajstić information content (AvgIpc) is 2.22. The summed E-state index contributed by atoms with van der Waals surface area (Å²) >= 11 is 0. The summed E-state index contributed by atoms with van der Waals surface area (Å²) < 4.78 is 11.1. The van der Waals surface area contributed by atoms with Crippen molar-refractivity contribution in [2.45, 2.75) is 52.2 Å². The number of carboxylic acids is 1. The van der Waals surface area contributed by atoms with E-state index in [1.165, 1.54) is 0 Å². The van der Waals surface area contributed by atoms with E-state index in [2.05, 4.69) is 6.92 Å². The molecule has 92 valence electrons. The van der Waals surface area contributed by atoms with Gasteiger partial charge in [-0.2, -0.15) is 0 Å². The zero-order chi connectivity index (χ0) is 12.0. The van der Waals surface area contributed by atoms with Gasteiger partial charge in [0.25, 0.3) is 0 Å². The van der Waals surface area contributed by atoms with Gasteiger partial charge in [0.15, 0.2) is 6.29 Å². The monoisotopic (exact) mass is 228 g/mol. The number of aliphatic carboxylic acids is 1. The Labute approximate surface area is 96.2 Å². The number of carboxylic acid groups (broad SMARTS) is 1. The first kappa shape index (κ1) is 13.0. The van der Waals surface area contributed by atoms with Gasteiger partial charge < -0.3 is 14.6 Å². The number of ether oxygens (including phenoxy) is 2. The molecule has 1 heterocycles. The van der Waals surface area contributed by atoms with Crippen molar-refractivity contribution in [1.82, 2.24) is 0 Å². The number of rotatable bonds is 6. The molecule has 0 aromatic heterocycles. The predicted molar refractivity (Wildman–Crippen MR) is 59.9 cm³/mol. The van der Waals surface area contributed by atoms with Crippen LogP contribution in [0.4, 0.5) is 0 Å². The normalized spacial score (nSPS) is 20.8. The van der Waals surface area contributed by atoms with Crippen LogP contribution in [0, 0.1) is 0 Å². The maximum atomic E-state index is 10.6. The lowest BCUT2D eigenvalue weighted by Crippen LogP contribution is -2.22. The highest BCUT2D eigenvalue weighted by Gasteiger charge is 2.21. The van der Waals surface area contributed by atoms with Crippen molar-refractivity contribution in [2.24, 2.45) is 0 Å². The second-order valence-corrected chi connectivity index (χ2v) is 4.04.